The van der Waals surface area contributed by atoms with E-state index < -0.39 is 39.8 Å². The number of nitrogens with one attached hydrogen (secondary N) is 2. The van der Waals surface area contributed by atoms with Crippen molar-refractivity contribution >= 4 is 33.4 Å². The number of hydrogen-bond donors (Lipinski definition) is 2. The van der Waals surface area contributed by atoms with Crippen LogP contribution in [0.1, 0.15) is 47.1 Å². The van der Waals surface area contributed by atoms with Crippen molar-refractivity contribution in [2.45, 2.75) is 39.8 Å². The van der Waals surface area contributed by atoms with Gasteiger partial charge in [-0.15, -0.1) is 0 Å². The molecule has 0 saturated heterocycles. The summed E-state index contributed by atoms with van der Waals surface area (Å²) in [7, 11) is -3.43. The lowest BCUT2D eigenvalue weighted by molar-refractivity contribution is -0.149. The lowest BCUT2D eigenvalue weighted by atomic mass is 10.0. The summed E-state index contributed by atoms with van der Waals surface area (Å²) in [4.78, 5) is 37.9. The highest BCUT2D eigenvalue weighted by molar-refractivity contribution is 7.92. The minimum absolute atomic E-state index is 0.259. The average Bonchev–Trinajstić information content (AvgIpc) is 2.70. The van der Waals surface area contributed by atoms with Crippen molar-refractivity contribution < 1.29 is 27.5 Å². The summed E-state index contributed by atoms with van der Waals surface area (Å²) in [5.74, 6) is -1.83. The van der Waals surface area contributed by atoms with Crippen LogP contribution in [0.4, 0.5) is 5.69 Å². The molecular weight excluding hydrogens is 432 g/mol. The molecule has 2 unspecified atom stereocenters. The van der Waals surface area contributed by atoms with Gasteiger partial charge < -0.3 is 10.1 Å². The van der Waals surface area contributed by atoms with Gasteiger partial charge in [0.25, 0.3) is 5.91 Å². The first kappa shape index (κ1) is 25.1. The number of ether oxygens (including phenoxy) is 1. The molecule has 9 heteroatoms. The van der Waals surface area contributed by atoms with E-state index in [1.165, 1.54) is 31.2 Å². The van der Waals surface area contributed by atoms with E-state index in [0.717, 1.165) is 11.8 Å². The van der Waals surface area contributed by atoms with Gasteiger partial charge in [0.05, 0.1) is 6.26 Å². The molecule has 0 saturated carbocycles. The van der Waals surface area contributed by atoms with Crippen LogP contribution in [0.15, 0.2) is 48.5 Å². The lowest BCUT2D eigenvalue weighted by Gasteiger charge is -2.23. The van der Waals surface area contributed by atoms with Gasteiger partial charge in [-0.3, -0.25) is 14.3 Å². The van der Waals surface area contributed by atoms with E-state index in [4.69, 9.17) is 4.74 Å². The Labute approximate surface area is 188 Å². The summed E-state index contributed by atoms with van der Waals surface area (Å²) in [5, 5.41) is 2.68. The maximum absolute atomic E-state index is 12.7. The molecule has 0 fully saturated rings. The quantitative estimate of drug-likeness (QED) is 0.439. The maximum Gasteiger partial charge on any atom is 0.329 e. The number of rotatable bonds is 9. The van der Waals surface area contributed by atoms with E-state index in [2.05, 4.69) is 10.0 Å². The zero-order valence-electron chi connectivity index (χ0n) is 18.7. The predicted molar refractivity (Wildman–Crippen MR) is 122 cm³/mol. The molecule has 0 aliphatic carbocycles. The minimum Gasteiger partial charge on any atom is -0.453 e. The number of sulfonamides is 1. The van der Waals surface area contributed by atoms with Gasteiger partial charge in [0.1, 0.15) is 6.04 Å². The number of aryl methyl sites for hydroxylation is 1. The summed E-state index contributed by atoms with van der Waals surface area (Å²) in [6.07, 6.45) is -0.0652. The first-order valence-corrected chi connectivity index (χ1v) is 12.0. The highest BCUT2D eigenvalue weighted by Crippen LogP contribution is 2.15. The molecule has 2 atom stereocenters. The van der Waals surface area contributed by atoms with Crippen molar-refractivity contribution in [1.29, 1.82) is 0 Å². The highest BCUT2D eigenvalue weighted by atomic mass is 32.2. The Morgan fingerprint density at radius 3 is 2.09 bits per heavy atom. The molecule has 32 heavy (non-hydrogen) atoms. The number of ketones is 1. The maximum atomic E-state index is 12.7. The van der Waals surface area contributed by atoms with Crippen LogP contribution >= 0.6 is 0 Å². The zero-order valence-corrected chi connectivity index (χ0v) is 19.5. The summed E-state index contributed by atoms with van der Waals surface area (Å²) in [6.45, 7) is 6.84. The summed E-state index contributed by atoms with van der Waals surface area (Å²) in [5.41, 5.74) is 1.91. The fourth-order valence-corrected chi connectivity index (χ4v) is 3.53. The van der Waals surface area contributed by atoms with E-state index in [-0.39, 0.29) is 11.5 Å². The van der Waals surface area contributed by atoms with Gasteiger partial charge in [0, 0.05) is 16.8 Å². The molecule has 2 rings (SSSR count). The Bertz CT molecular complexity index is 1090. The van der Waals surface area contributed by atoms with Crippen LogP contribution in [-0.2, 0) is 19.6 Å². The minimum atomic E-state index is -3.43. The van der Waals surface area contributed by atoms with Gasteiger partial charge in [0.2, 0.25) is 15.8 Å². The monoisotopic (exact) mass is 460 g/mol. The smallest absolute Gasteiger partial charge is 0.329 e. The molecule has 2 aromatic rings. The molecule has 0 aromatic heterocycles. The van der Waals surface area contributed by atoms with Crippen LogP contribution in [0.25, 0.3) is 0 Å². The van der Waals surface area contributed by atoms with Gasteiger partial charge in [-0.25, -0.2) is 13.2 Å². The highest BCUT2D eigenvalue weighted by Gasteiger charge is 2.29. The molecule has 1 amide bonds. The molecule has 8 nitrogen and oxygen atoms in total. The van der Waals surface area contributed by atoms with Crippen LogP contribution in [0, 0.1) is 12.8 Å². The molecule has 0 bridgehead atoms. The van der Waals surface area contributed by atoms with E-state index >= 15 is 0 Å². The first-order chi connectivity index (χ1) is 14.9. The normalized spacial score (nSPS) is 13.2. The van der Waals surface area contributed by atoms with Crippen molar-refractivity contribution in [2.24, 2.45) is 5.92 Å². The molecular formula is C23H28N2O6S. The molecule has 0 spiro atoms. The van der Waals surface area contributed by atoms with Crippen LogP contribution in [0.3, 0.4) is 0 Å². The lowest BCUT2D eigenvalue weighted by Crippen LogP contribution is -2.46. The Hall–Kier alpha value is -3.20. The fraction of sp³-hybridized carbons (Fsp3) is 0.348. The van der Waals surface area contributed by atoms with Crippen molar-refractivity contribution in [2.75, 3.05) is 11.0 Å². The van der Waals surface area contributed by atoms with E-state index in [0.29, 0.717) is 11.3 Å². The second-order valence-corrected chi connectivity index (χ2v) is 9.71. The molecule has 172 valence electrons. The number of Topliss-reactive ketones (excluding diaryl/α,β-unsaturated/α-hetero) is 1. The molecule has 0 heterocycles. The van der Waals surface area contributed by atoms with E-state index in [1.807, 2.05) is 13.0 Å². The number of esters is 1. The molecule has 0 aliphatic rings. The van der Waals surface area contributed by atoms with Gasteiger partial charge in [-0.1, -0.05) is 31.5 Å². The van der Waals surface area contributed by atoms with Crippen LogP contribution in [-0.4, -0.2) is 44.5 Å². The standard InChI is InChI=1S/C23H28N2O6S/c1-14(2)20(24-22(27)18-8-6-7-15(3)13-18)23(28)31-16(4)21(26)17-9-11-19(12-10-17)25-32(5,29)30/h6-14,16,20,25H,1-5H3,(H,24,27). The SMILES string of the molecule is Cc1cccc(C(=O)NC(C(=O)OC(C)C(=O)c2ccc(NS(C)(=O)=O)cc2)C(C)C)c1. The second kappa shape index (κ2) is 10.4. The van der Waals surface area contributed by atoms with Gasteiger partial charge in [0.15, 0.2) is 6.10 Å². The molecule has 2 aromatic carbocycles. The largest absolute Gasteiger partial charge is 0.453 e. The van der Waals surface area contributed by atoms with Crippen molar-refractivity contribution in [3.8, 4) is 0 Å². The average molecular weight is 461 g/mol. The Morgan fingerprint density at radius 1 is 0.938 bits per heavy atom. The second-order valence-electron chi connectivity index (χ2n) is 7.96. The van der Waals surface area contributed by atoms with E-state index in [1.54, 1.807) is 32.0 Å². The topological polar surface area (TPSA) is 119 Å². The van der Waals surface area contributed by atoms with Crippen molar-refractivity contribution in [3.05, 3.63) is 65.2 Å². The van der Waals surface area contributed by atoms with Crippen molar-refractivity contribution in [1.82, 2.24) is 5.32 Å². The van der Waals surface area contributed by atoms with Crippen LogP contribution < -0.4 is 10.0 Å². The Morgan fingerprint density at radius 2 is 1.56 bits per heavy atom. The van der Waals surface area contributed by atoms with Crippen LogP contribution in [0.2, 0.25) is 0 Å². The summed E-state index contributed by atoms with van der Waals surface area (Å²) < 4.78 is 30.2. The van der Waals surface area contributed by atoms with Crippen molar-refractivity contribution in [3.63, 3.8) is 0 Å². The third-order valence-corrected chi connectivity index (χ3v) is 5.23. The Balaban J connectivity index is 2.05. The molecule has 0 radical (unpaired) electrons. The number of hydrogen-bond acceptors (Lipinski definition) is 6. The number of carbonyl (C=O) groups excluding carboxylic acids is 3. The number of anilines is 1. The third kappa shape index (κ3) is 7.19. The third-order valence-electron chi connectivity index (χ3n) is 4.62. The fourth-order valence-electron chi connectivity index (χ4n) is 2.96. The molecule has 2 N–H and O–H groups in total. The summed E-state index contributed by atoms with van der Waals surface area (Å²) in [6, 6.07) is 11.8. The Kier molecular flexibility index (Phi) is 8.15. The molecule has 0 aliphatic heterocycles. The van der Waals surface area contributed by atoms with E-state index in [9.17, 15) is 22.8 Å². The first-order valence-electron chi connectivity index (χ1n) is 10.1. The number of benzene rings is 2. The van der Waals surface area contributed by atoms with Gasteiger partial charge in [-0.2, -0.15) is 0 Å². The van der Waals surface area contributed by atoms with Crippen LogP contribution in [0.5, 0.6) is 0 Å². The number of carbonyl (C=O) groups is 3. The zero-order chi connectivity index (χ0) is 24.1. The predicted octanol–water partition coefficient (Wildman–Crippen LogP) is 2.94. The van der Waals surface area contributed by atoms with Gasteiger partial charge in [-0.05, 0) is 56.2 Å². The summed E-state index contributed by atoms with van der Waals surface area (Å²) >= 11 is 0. The number of amides is 1. The van der Waals surface area contributed by atoms with Gasteiger partial charge >= 0.3 is 5.97 Å².